The third-order valence-corrected chi connectivity index (χ3v) is 6.38. The molecule has 1 aromatic heterocycles. The van der Waals surface area contributed by atoms with Crippen molar-refractivity contribution < 1.29 is 14.3 Å². The Balaban J connectivity index is 1.50. The molecule has 2 heterocycles. The molecule has 3 aromatic rings. The third-order valence-electron chi connectivity index (χ3n) is 5.48. The first-order valence-electron chi connectivity index (χ1n) is 10.1. The first kappa shape index (κ1) is 21.2. The minimum Gasteiger partial charge on any atom is -0.497 e. The number of thioether (sulfide) groups is 1. The van der Waals surface area contributed by atoms with Crippen molar-refractivity contribution in [3.63, 3.8) is 0 Å². The van der Waals surface area contributed by atoms with Gasteiger partial charge in [0.1, 0.15) is 11.5 Å². The summed E-state index contributed by atoms with van der Waals surface area (Å²) in [6.45, 7) is 2.72. The monoisotopic (exact) mass is 439 g/mol. The van der Waals surface area contributed by atoms with Crippen LogP contribution in [0.1, 0.15) is 30.0 Å². The van der Waals surface area contributed by atoms with E-state index in [9.17, 15) is 4.79 Å². The number of methoxy groups -OCH3 is 2. The highest BCUT2D eigenvalue weighted by Crippen LogP contribution is 2.39. The zero-order valence-corrected chi connectivity index (χ0v) is 18.6. The Bertz CT molecular complexity index is 1070. The second kappa shape index (κ2) is 9.38. The van der Waals surface area contributed by atoms with E-state index in [-0.39, 0.29) is 17.7 Å². The maximum absolute atomic E-state index is 13.1. The van der Waals surface area contributed by atoms with Crippen LogP contribution in [0.3, 0.4) is 0 Å². The van der Waals surface area contributed by atoms with E-state index in [1.807, 2.05) is 54.3 Å². The molecule has 1 aliphatic heterocycles. The second-order valence-electron chi connectivity index (χ2n) is 7.30. The summed E-state index contributed by atoms with van der Waals surface area (Å²) in [7, 11) is 3.28. The lowest BCUT2D eigenvalue weighted by atomic mass is 10.0. The fourth-order valence-corrected chi connectivity index (χ4v) is 4.69. The number of nitrogens with zero attached hydrogens (tertiary/aromatic N) is 5. The summed E-state index contributed by atoms with van der Waals surface area (Å²) in [6, 6.07) is 13.6. The summed E-state index contributed by atoms with van der Waals surface area (Å²) in [5, 5.41) is 12.6. The van der Waals surface area contributed by atoms with Crippen molar-refractivity contribution in [1.29, 1.82) is 0 Å². The predicted octanol–water partition coefficient (Wildman–Crippen LogP) is 3.44. The van der Waals surface area contributed by atoms with Crippen LogP contribution in [-0.4, -0.2) is 57.5 Å². The number of tetrazole rings is 1. The molecule has 1 saturated heterocycles. The topological polar surface area (TPSA) is 82.4 Å². The Morgan fingerprint density at radius 3 is 2.81 bits per heavy atom. The molecule has 0 radical (unpaired) electrons. The normalized spacial score (nSPS) is 15.8. The average molecular weight is 440 g/mol. The molecule has 8 nitrogen and oxygen atoms in total. The van der Waals surface area contributed by atoms with Gasteiger partial charge in [-0.3, -0.25) is 4.79 Å². The van der Waals surface area contributed by atoms with E-state index < -0.39 is 0 Å². The van der Waals surface area contributed by atoms with Crippen LogP contribution in [0.5, 0.6) is 11.5 Å². The lowest BCUT2D eigenvalue weighted by molar-refractivity contribution is -0.129. The minimum atomic E-state index is -0.0366. The first-order valence-corrected chi connectivity index (χ1v) is 11.1. The van der Waals surface area contributed by atoms with Crippen molar-refractivity contribution in [3.8, 4) is 17.2 Å². The quantitative estimate of drug-likeness (QED) is 0.522. The van der Waals surface area contributed by atoms with Crippen LogP contribution < -0.4 is 9.47 Å². The van der Waals surface area contributed by atoms with E-state index >= 15 is 0 Å². The number of hydrogen-bond donors (Lipinski definition) is 0. The summed E-state index contributed by atoms with van der Waals surface area (Å²) < 4.78 is 12.6. The van der Waals surface area contributed by atoms with Gasteiger partial charge < -0.3 is 14.4 Å². The molecule has 1 aliphatic rings. The van der Waals surface area contributed by atoms with Crippen LogP contribution >= 0.6 is 11.8 Å². The molecule has 0 bridgehead atoms. The molecule has 31 heavy (non-hydrogen) atoms. The second-order valence-corrected chi connectivity index (χ2v) is 8.24. The number of hydrogen-bond acceptors (Lipinski definition) is 7. The molecule has 0 aliphatic carbocycles. The van der Waals surface area contributed by atoms with Crippen LogP contribution in [0, 0.1) is 6.92 Å². The van der Waals surface area contributed by atoms with Gasteiger partial charge in [0.15, 0.2) is 0 Å². The van der Waals surface area contributed by atoms with Crippen molar-refractivity contribution in [2.75, 3.05) is 26.5 Å². The van der Waals surface area contributed by atoms with Gasteiger partial charge in [0.25, 0.3) is 0 Å². The van der Waals surface area contributed by atoms with Gasteiger partial charge in [-0.1, -0.05) is 30.0 Å². The van der Waals surface area contributed by atoms with Crippen molar-refractivity contribution in [2.24, 2.45) is 0 Å². The maximum atomic E-state index is 13.1. The molecule has 9 heteroatoms. The first-order chi connectivity index (χ1) is 15.1. The molecule has 1 amide bonds. The van der Waals surface area contributed by atoms with Gasteiger partial charge in [-0.05, 0) is 60.0 Å². The molecule has 2 aromatic carbocycles. The summed E-state index contributed by atoms with van der Waals surface area (Å²) in [5.74, 6) is 1.83. The number of carbonyl (C=O) groups is 1. The van der Waals surface area contributed by atoms with Crippen LogP contribution in [0.2, 0.25) is 0 Å². The lowest BCUT2D eigenvalue weighted by Crippen LogP contribution is -2.32. The summed E-state index contributed by atoms with van der Waals surface area (Å²) >= 11 is 1.35. The van der Waals surface area contributed by atoms with Gasteiger partial charge in [0.05, 0.1) is 31.7 Å². The lowest BCUT2D eigenvalue weighted by Gasteiger charge is -2.26. The number of aromatic nitrogens is 4. The van der Waals surface area contributed by atoms with E-state index in [2.05, 4.69) is 15.5 Å². The zero-order valence-electron chi connectivity index (χ0n) is 17.8. The number of aryl methyl sites for hydroxylation is 1. The van der Waals surface area contributed by atoms with Crippen LogP contribution in [0.4, 0.5) is 0 Å². The molecule has 1 atom stereocenters. The van der Waals surface area contributed by atoms with Gasteiger partial charge in [0.2, 0.25) is 11.1 Å². The Morgan fingerprint density at radius 2 is 2.03 bits per heavy atom. The van der Waals surface area contributed by atoms with E-state index in [4.69, 9.17) is 9.47 Å². The molecule has 0 saturated carbocycles. The molecule has 1 fully saturated rings. The van der Waals surface area contributed by atoms with E-state index in [1.165, 1.54) is 11.8 Å². The number of para-hydroxylation sites is 1. The maximum Gasteiger partial charge on any atom is 0.233 e. The summed E-state index contributed by atoms with van der Waals surface area (Å²) in [5.41, 5.74) is 2.94. The molecule has 0 N–H and O–H groups in total. The average Bonchev–Trinajstić information content (AvgIpc) is 3.47. The van der Waals surface area contributed by atoms with Crippen molar-refractivity contribution >= 4 is 17.7 Å². The van der Waals surface area contributed by atoms with E-state index in [0.717, 1.165) is 41.2 Å². The molecule has 162 valence electrons. The van der Waals surface area contributed by atoms with Gasteiger partial charge in [0, 0.05) is 12.1 Å². The van der Waals surface area contributed by atoms with Crippen LogP contribution in [-0.2, 0) is 4.79 Å². The number of ether oxygens (including phenoxy) is 2. The number of amides is 1. The fraction of sp³-hybridized carbons (Fsp3) is 0.364. The third kappa shape index (κ3) is 4.36. The molecular weight excluding hydrogens is 414 g/mol. The number of carbonyl (C=O) groups excluding carboxylic acids is 1. The van der Waals surface area contributed by atoms with E-state index in [1.54, 1.807) is 18.9 Å². The largest absolute Gasteiger partial charge is 0.497 e. The number of benzene rings is 2. The van der Waals surface area contributed by atoms with Crippen LogP contribution in [0.15, 0.2) is 47.6 Å². The Kier molecular flexibility index (Phi) is 6.41. The summed E-state index contributed by atoms with van der Waals surface area (Å²) in [6.07, 6.45) is 1.84. The predicted molar refractivity (Wildman–Crippen MR) is 118 cm³/mol. The van der Waals surface area contributed by atoms with E-state index in [0.29, 0.717) is 11.7 Å². The summed E-state index contributed by atoms with van der Waals surface area (Å²) in [4.78, 5) is 15.1. The van der Waals surface area contributed by atoms with Crippen molar-refractivity contribution in [2.45, 2.75) is 31.0 Å². The van der Waals surface area contributed by atoms with Crippen LogP contribution in [0.25, 0.3) is 5.69 Å². The highest BCUT2D eigenvalue weighted by Gasteiger charge is 2.32. The highest BCUT2D eigenvalue weighted by atomic mass is 32.2. The van der Waals surface area contributed by atoms with Gasteiger partial charge in [-0.2, -0.15) is 4.68 Å². The van der Waals surface area contributed by atoms with Gasteiger partial charge >= 0.3 is 0 Å². The molecule has 4 rings (SSSR count). The minimum absolute atomic E-state index is 0.0366. The van der Waals surface area contributed by atoms with Crippen molar-refractivity contribution in [1.82, 2.24) is 25.1 Å². The number of likely N-dealkylation sites (tertiary alicyclic amines) is 1. The Morgan fingerprint density at radius 1 is 1.19 bits per heavy atom. The molecular formula is C22H25N5O3S. The molecule has 0 unspecified atom stereocenters. The zero-order chi connectivity index (χ0) is 21.8. The van der Waals surface area contributed by atoms with Gasteiger partial charge in [-0.15, -0.1) is 5.10 Å². The molecule has 0 spiro atoms. The Hall–Kier alpha value is -3.07. The highest BCUT2D eigenvalue weighted by molar-refractivity contribution is 7.99. The smallest absolute Gasteiger partial charge is 0.233 e. The standard InChI is InChI=1S/C22H25N5O3S/c1-15-7-4-5-8-18(15)27-22(23-24-25-27)31-14-21(28)26-12-6-9-19(26)17-13-16(29-2)10-11-20(17)30-3/h4-5,7-8,10-11,13,19H,6,9,12,14H2,1-3H3/t19-/m0/s1. The van der Waals surface area contributed by atoms with Gasteiger partial charge in [-0.25, -0.2) is 0 Å². The Labute approximate surface area is 185 Å². The SMILES string of the molecule is COc1ccc(OC)c([C@@H]2CCCN2C(=O)CSc2nnnn2-c2ccccc2C)c1. The number of rotatable bonds is 7. The van der Waals surface area contributed by atoms with Crippen molar-refractivity contribution in [3.05, 3.63) is 53.6 Å². The fourth-order valence-electron chi connectivity index (χ4n) is 3.92.